The summed E-state index contributed by atoms with van der Waals surface area (Å²) < 4.78 is 14.1. The highest BCUT2D eigenvalue weighted by atomic mass is 16.6. The predicted molar refractivity (Wildman–Crippen MR) is 268 cm³/mol. The Kier molecular flexibility index (Phi) is 9.00. The number of para-hydroxylation sites is 1. The van der Waals surface area contributed by atoms with Crippen LogP contribution in [0.4, 0.5) is 0 Å². The van der Waals surface area contributed by atoms with Gasteiger partial charge in [-0.3, -0.25) is 0 Å². The lowest BCUT2D eigenvalue weighted by atomic mass is 9.68. The second-order valence-electron chi connectivity index (χ2n) is 17.0. The Hall–Kier alpha value is -8.93. The minimum atomic E-state index is -0.570. The van der Waals surface area contributed by atoms with E-state index in [1.165, 1.54) is 16.7 Å². The molecule has 0 N–H and O–H groups in total. The van der Waals surface area contributed by atoms with E-state index in [1.807, 2.05) is 48.5 Å². The second kappa shape index (κ2) is 15.7. The minimum absolute atomic E-state index is 0.570. The molecule has 5 heteroatoms. The summed E-state index contributed by atoms with van der Waals surface area (Å²) in [6, 6.07) is 82.5. The van der Waals surface area contributed by atoms with Crippen molar-refractivity contribution in [2.45, 2.75) is 5.41 Å². The lowest BCUT2D eigenvalue weighted by Gasteiger charge is -2.34. The number of ether oxygens (including phenoxy) is 2. The molecular formula is C62H39N3O2. The van der Waals surface area contributed by atoms with Gasteiger partial charge >= 0.3 is 0 Å². The molecule has 1 aliphatic carbocycles. The van der Waals surface area contributed by atoms with E-state index in [4.69, 9.17) is 24.4 Å². The lowest BCUT2D eigenvalue weighted by molar-refractivity contribution is 0.361. The molecule has 10 aromatic carbocycles. The van der Waals surface area contributed by atoms with Crippen molar-refractivity contribution in [3.8, 4) is 90.5 Å². The zero-order chi connectivity index (χ0) is 44.3. The molecule has 5 nitrogen and oxygen atoms in total. The third kappa shape index (κ3) is 6.20. The summed E-state index contributed by atoms with van der Waals surface area (Å²) in [5.74, 6) is 4.46. The van der Waals surface area contributed by atoms with Crippen molar-refractivity contribution in [3.63, 3.8) is 0 Å². The SMILES string of the molecule is c1ccc(-c2nc(-c3cccc(-c4cccc5c4Oc4c(ccc6c4-c4ccccc4C6(c4ccccc4)c4ccccc4)O5)c3)nc(-c3ccc(-c4ccccc4)c4ccccc34)n2)cc1. The van der Waals surface area contributed by atoms with Crippen molar-refractivity contribution < 1.29 is 9.47 Å². The highest BCUT2D eigenvalue weighted by Crippen LogP contribution is 2.63. The van der Waals surface area contributed by atoms with E-state index in [0.717, 1.165) is 66.4 Å². The van der Waals surface area contributed by atoms with Crippen LogP contribution in [0.3, 0.4) is 0 Å². The summed E-state index contributed by atoms with van der Waals surface area (Å²) in [4.78, 5) is 15.5. The molecule has 0 amide bonds. The molecule has 11 aromatic rings. The van der Waals surface area contributed by atoms with Gasteiger partial charge in [0.25, 0.3) is 0 Å². The van der Waals surface area contributed by atoms with Crippen molar-refractivity contribution in [2.75, 3.05) is 0 Å². The number of hydrogen-bond donors (Lipinski definition) is 0. The second-order valence-corrected chi connectivity index (χ2v) is 17.0. The Morgan fingerprint density at radius 2 is 0.821 bits per heavy atom. The average Bonchev–Trinajstić information content (AvgIpc) is 3.72. The fourth-order valence-electron chi connectivity index (χ4n) is 10.3. The van der Waals surface area contributed by atoms with Crippen LogP contribution < -0.4 is 9.47 Å². The minimum Gasteiger partial charge on any atom is -0.449 e. The van der Waals surface area contributed by atoms with Crippen LogP contribution >= 0.6 is 0 Å². The monoisotopic (exact) mass is 857 g/mol. The van der Waals surface area contributed by atoms with Gasteiger partial charge in [0.15, 0.2) is 40.5 Å². The molecule has 1 aliphatic heterocycles. The van der Waals surface area contributed by atoms with E-state index in [0.29, 0.717) is 40.5 Å². The van der Waals surface area contributed by atoms with E-state index in [-0.39, 0.29) is 0 Å². The highest BCUT2D eigenvalue weighted by Gasteiger charge is 2.48. The van der Waals surface area contributed by atoms with Gasteiger partial charge in [-0.25, -0.2) is 15.0 Å². The molecule has 1 aromatic heterocycles. The number of nitrogens with zero attached hydrogens (tertiary/aromatic N) is 3. The number of benzene rings is 10. The van der Waals surface area contributed by atoms with Crippen LogP contribution in [0.15, 0.2) is 237 Å². The standard InChI is InChI=1S/C62H39N3O2/c1-5-19-40(20-6-1)46-35-36-50(49-30-14-13-29-48(46)49)61-64-59(41-21-7-2-8-22-41)63-60(65-61)43-24-17-23-42(39-43)47-32-18-34-54-57(47)67-58-55(66-54)38-37-53-56(58)51-31-15-16-33-52(51)62(53,44-25-9-3-10-26-44)45-27-11-4-12-28-45/h1-39H. The number of rotatable bonds is 7. The number of hydrogen-bond acceptors (Lipinski definition) is 5. The quantitative estimate of drug-likeness (QED) is 0.160. The lowest BCUT2D eigenvalue weighted by Crippen LogP contribution is -2.28. The van der Waals surface area contributed by atoms with E-state index >= 15 is 0 Å². The fourth-order valence-corrected chi connectivity index (χ4v) is 10.3. The zero-order valence-electron chi connectivity index (χ0n) is 36.2. The van der Waals surface area contributed by atoms with Crippen molar-refractivity contribution >= 4 is 10.8 Å². The molecule has 0 spiro atoms. The maximum Gasteiger partial charge on any atom is 0.178 e. The summed E-state index contributed by atoms with van der Waals surface area (Å²) in [5, 5.41) is 2.20. The van der Waals surface area contributed by atoms with Gasteiger partial charge in [0.05, 0.1) is 5.41 Å². The molecule has 0 bridgehead atoms. The van der Waals surface area contributed by atoms with Crippen molar-refractivity contribution in [2.24, 2.45) is 0 Å². The van der Waals surface area contributed by atoms with Gasteiger partial charge in [0.2, 0.25) is 0 Å². The van der Waals surface area contributed by atoms with Gasteiger partial charge in [-0.1, -0.05) is 212 Å². The Balaban J connectivity index is 0.944. The maximum absolute atomic E-state index is 7.24. The maximum atomic E-state index is 7.24. The number of fused-ring (bicyclic) bond motifs is 7. The summed E-state index contributed by atoms with van der Waals surface area (Å²) in [7, 11) is 0. The smallest absolute Gasteiger partial charge is 0.178 e. The Morgan fingerprint density at radius 1 is 0.299 bits per heavy atom. The molecular weight excluding hydrogens is 819 g/mol. The molecule has 0 atom stereocenters. The predicted octanol–water partition coefficient (Wildman–Crippen LogP) is 15.6. The van der Waals surface area contributed by atoms with E-state index in [1.54, 1.807) is 0 Å². The van der Waals surface area contributed by atoms with Gasteiger partial charge in [0, 0.05) is 27.8 Å². The van der Waals surface area contributed by atoms with Gasteiger partial charge < -0.3 is 9.47 Å². The molecule has 2 aliphatic rings. The van der Waals surface area contributed by atoms with Crippen LogP contribution in [-0.4, -0.2) is 15.0 Å². The van der Waals surface area contributed by atoms with Gasteiger partial charge in [-0.05, 0) is 79.5 Å². The van der Waals surface area contributed by atoms with Crippen LogP contribution in [0.5, 0.6) is 23.0 Å². The molecule has 2 heterocycles. The van der Waals surface area contributed by atoms with E-state index in [2.05, 4.69) is 188 Å². The third-order valence-corrected chi connectivity index (χ3v) is 13.3. The van der Waals surface area contributed by atoms with Crippen LogP contribution in [0.1, 0.15) is 22.3 Å². The Bertz CT molecular complexity index is 3650. The van der Waals surface area contributed by atoms with Gasteiger partial charge in [-0.15, -0.1) is 0 Å². The average molecular weight is 858 g/mol. The van der Waals surface area contributed by atoms with Crippen molar-refractivity contribution in [1.82, 2.24) is 15.0 Å². The van der Waals surface area contributed by atoms with Gasteiger partial charge in [0.1, 0.15) is 0 Å². The molecule has 0 saturated carbocycles. The highest BCUT2D eigenvalue weighted by molar-refractivity contribution is 6.04. The summed E-state index contributed by atoms with van der Waals surface area (Å²) in [5.41, 5.74) is 13.2. The Labute approximate surface area is 388 Å². The summed E-state index contributed by atoms with van der Waals surface area (Å²) in [6.45, 7) is 0. The number of aromatic nitrogens is 3. The molecule has 0 saturated heterocycles. The normalized spacial score (nSPS) is 12.8. The Morgan fingerprint density at radius 3 is 1.55 bits per heavy atom. The third-order valence-electron chi connectivity index (χ3n) is 13.3. The largest absolute Gasteiger partial charge is 0.449 e. The van der Waals surface area contributed by atoms with E-state index < -0.39 is 5.41 Å². The summed E-state index contributed by atoms with van der Waals surface area (Å²) >= 11 is 0. The summed E-state index contributed by atoms with van der Waals surface area (Å²) in [6.07, 6.45) is 0. The molecule has 67 heavy (non-hydrogen) atoms. The first-order valence-electron chi connectivity index (χ1n) is 22.6. The molecule has 0 unspecified atom stereocenters. The first kappa shape index (κ1) is 38.5. The zero-order valence-corrected chi connectivity index (χ0v) is 36.2. The van der Waals surface area contributed by atoms with Gasteiger partial charge in [-0.2, -0.15) is 0 Å². The van der Waals surface area contributed by atoms with Crippen LogP contribution in [-0.2, 0) is 5.41 Å². The molecule has 13 rings (SSSR count). The van der Waals surface area contributed by atoms with Crippen molar-refractivity contribution in [3.05, 3.63) is 259 Å². The van der Waals surface area contributed by atoms with Crippen molar-refractivity contribution in [1.29, 1.82) is 0 Å². The fraction of sp³-hybridized carbons (Fsp3) is 0.0161. The van der Waals surface area contributed by atoms with Crippen LogP contribution in [0.2, 0.25) is 0 Å². The van der Waals surface area contributed by atoms with Crippen LogP contribution in [0, 0.1) is 0 Å². The van der Waals surface area contributed by atoms with E-state index in [9.17, 15) is 0 Å². The first-order chi connectivity index (χ1) is 33.2. The first-order valence-corrected chi connectivity index (χ1v) is 22.6. The molecule has 314 valence electrons. The van der Waals surface area contributed by atoms with Crippen LogP contribution in [0.25, 0.3) is 78.3 Å². The topological polar surface area (TPSA) is 57.1 Å². The molecule has 0 radical (unpaired) electrons. The molecule has 0 fully saturated rings.